The first-order valence-electron chi connectivity index (χ1n) is 14.9. The second kappa shape index (κ2) is 16.7. The van der Waals surface area contributed by atoms with E-state index in [9.17, 15) is 19.5 Å². The van der Waals surface area contributed by atoms with Crippen LogP contribution in [0.1, 0.15) is 95.9 Å². The molecule has 2 aromatic rings. The number of carbonyl (C=O) groups is 3. The number of phenols is 1. The molecule has 0 radical (unpaired) electrons. The smallest absolute Gasteiger partial charge is 0.408 e. The Bertz CT molecular complexity index is 1110. The minimum absolute atomic E-state index is 0.109. The van der Waals surface area contributed by atoms with Crippen LogP contribution in [0.4, 0.5) is 4.79 Å². The number of nitrogens with one attached hydrogen (secondary N) is 2. The summed E-state index contributed by atoms with van der Waals surface area (Å²) in [6.45, 7) is 12.3. The maximum absolute atomic E-state index is 14.5. The van der Waals surface area contributed by atoms with E-state index >= 15 is 0 Å². The van der Waals surface area contributed by atoms with E-state index in [1.54, 1.807) is 49.9 Å². The van der Waals surface area contributed by atoms with E-state index in [2.05, 4.69) is 24.5 Å². The van der Waals surface area contributed by atoms with Gasteiger partial charge in [-0.05, 0) is 69.4 Å². The largest absolute Gasteiger partial charge is 0.508 e. The van der Waals surface area contributed by atoms with Crippen LogP contribution in [-0.2, 0) is 20.7 Å². The molecule has 0 heterocycles. The van der Waals surface area contributed by atoms with Crippen molar-refractivity contribution in [1.29, 1.82) is 0 Å². The summed E-state index contributed by atoms with van der Waals surface area (Å²) in [5.41, 5.74) is 1.66. The number of ether oxygens (including phenoxy) is 1. The molecule has 41 heavy (non-hydrogen) atoms. The highest BCUT2D eigenvalue weighted by Crippen LogP contribution is 2.27. The molecule has 2 aromatic carbocycles. The summed E-state index contributed by atoms with van der Waals surface area (Å²) >= 11 is 0. The van der Waals surface area contributed by atoms with Crippen molar-refractivity contribution in [2.45, 2.75) is 104 Å². The Hall–Kier alpha value is -3.55. The topological polar surface area (TPSA) is 108 Å². The van der Waals surface area contributed by atoms with Gasteiger partial charge in [0.15, 0.2) is 0 Å². The van der Waals surface area contributed by atoms with Crippen LogP contribution in [0.15, 0.2) is 48.5 Å². The summed E-state index contributed by atoms with van der Waals surface area (Å²) in [7, 11) is 0. The fraction of sp³-hybridized carbons (Fsp3) is 0.545. The van der Waals surface area contributed by atoms with E-state index in [-0.39, 0.29) is 24.0 Å². The van der Waals surface area contributed by atoms with E-state index in [1.165, 1.54) is 0 Å². The molecule has 0 saturated heterocycles. The molecule has 0 fully saturated rings. The Morgan fingerprint density at radius 3 is 2.20 bits per heavy atom. The molecule has 0 aromatic heterocycles. The molecule has 0 saturated carbocycles. The molecular weight excluding hydrogens is 518 g/mol. The highest BCUT2D eigenvalue weighted by atomic mass is 16.6. The molecule has 226 valence electrons. The van der Waals surface area contributed by atoms with Gasteiger partial charge in [-0.15, -0.1) is 0 Å². The van der Waals surface area contributed by atoms with Crippen LogP contribution in [0, 0.1) is 6.92 Å². The zero-order valence-electron chi connectivity index (χ0n) is 25.7. The maximum Gasteiger partial charge on any atom is 0.408 e. The van der Waals surface area contributed by atoms with Gasteiger partial charge in [-0.3, -0.25) is 9.59 Å². The van der Waals surface area contributed by atoms with Gasteiger partial charge in [-0.2, -0.15) is 0 Å². The second-order valence-electron chi connectivity index (χ2n) is 11.6. The molecule has 2 rings (SSSR count). The van der Waals surface area contributed by atoms with Crippen molar-refractivity contribution >= 4 is 17.9 Å². The Balaban J connectivity index is 2.54. The van der Waals surface area contributed by atoms with Crippen molar-refractivity contribution in [3.63, 3.8) is 0 Å². The van der Waals surface area contributed by atoms with Gasteiger partial charge in [0.1, 0.15) is 23.4 Å². The van der Waals surface area contributed by atoms with Crippen LogP contribution in [0.2, 0.25) is 0 Å². The number of aryl methyl sites for hydroxylation is 1. The molecule has 0 aliphatic rings. The standard InChI is InChI=1S/C33H49N3O5/c1-7-9-11-14-22-36(29(30(38)34-21-10-8-2)27-16-13-12-15-24(27)3)31(39)28(35-32(40)41-33(4,5)6)23-25-17-19-26(37)20-18-25/h12-13,15-20,28-29,37H,7-11,14,21-23H2,1-6H3,(H,34,38)(H,35,40). The third kappa shape index (κ3) is 11.5. The lowest BCUT2D eigenvalue weighted by atomic mass is 9.96. The van der Waals surface area contributed by atoms with Crippen molar-refractivity contribution in [1.82, 2.24) is 15.5 Å². The van der Waals surface area contributed by atoms with Crippen molar-refractivity contribution in [3.8, 4) is 5.75 Å². The molecule has 0 bridgehead atoms. The maximum atomic E-state index is 14.5. The summed E-state index contributed by atoms with van der Waals surface area (Å²) < 4.78 is 5.51. The second-order valence-corrected chi connectivity index (χ2v) is 11.6. The predicted molar refractivity (Wildman–Crippen MR) is 163 cm³/mol. The fourth-order valence-electron chi connectivity index (χ4n) is 4.62. The first-order chi connectivity index (χ1) is 19.5. The SMILES string of the molecule is CCCCCCN(C(=O)C(Cc1ccc(O)cc1)NC(=O)OC(C)(C)C)C(C(=O)NCCCC)c1ccccc1C. The number of aromatic hydroxyl groups is 1. The molecule has 2 atom stereocenters. The van der Waals surface area contributed by atoms with Crippen LogP contribution >= 0.6 is 0 Å². The Morgan fingerprint density at radius 1 is 0.927 bits per heavy atom. The number of phenolic OH excluding ortho intramolecular Hbond substituents is 1. The highest BCUT2D eigenvalue weighted by molar-refractivity contribution is 5.92. The molecule has 0 aliphatic heterocycles. The van der Waals surface area contributed by atoms with Gasteiger partial charge in [0.05, 0.1) is 0 Å². The lowest BCUT2D eigenvalue weighted by Gasteiger charge is -2.35. The summed E-state index contributed by atoms with van der Waals surface area (Å²) in [6.07, 6.45) is 4.93. The Morgan fingerprint density at radius 2 is 1.59 bits per heavy atom. The van der Waals surface area contributed by atoms with Crippen molar-refractivity contribution in [3.05, 3.63) is 65.2 Å². The summed E-state index contributed by atoms with van der Waals surface area (Å²) in [5, 5.41) is 15.6. The predicted octanol–water partition coefficient (Wildman–Crippen LogP) is 6.20. The van der Waals surface area contributed by atoms with E-state index in [1.807, 2.05) is 31.2 Å². The van der Waals surface area contributed by atoms with Crippen LogP contribution in [-0.4, -0.2) is 52.6 Å². The first-order valence-corrected chi connectivity index (χ1v) is 14.9. The fourth-order valence-corrected chi connectivity index (χ4v) is 4.62. The number of carbonyl (C=O) groups excluding carboxylic acids is 3. The van der Waals surface area contributed by atoms with E-state index < -0.39 is 23.8 Å². The lowest BCUT2D eigenvalue weighted by molar-refractivity contribution is -0.142. The van der Waals surface area contributed by atoms with Gasteiger partial charge < -0.3 is 25.4 Å². The van der Waals surface area contributed by atoms with Crippen molar-refractivity contribution in [2.24, 2.45) is 0 Å². The number of alkyl carbamates (subject to hydrolysis) is 1. The molecule has 8 heteroatoms. The third-order valence-corrected chi connectivity index (χ3v) is 6.77. The molecule has 2 unspecified atom stereocenters. The monoisotopic (exact) mass is 567 g/mol. The minimum atomic E-state index is -0.990. The highest BCUT2D eigenvalue weighted by Gasteiger charge is 2.36. The average molecular weight is 568 g/mol. The average Bonchev–Trinajstić information content (AvgIpc) is 2.90. The Labute approximate surface area is 245 Å². The minimum Gasteiger partial charge on any atom is -0.508 e. The number of nitrogens with zero attached hydrogens (tertiary/aromatic N) is 1. The van der Waals surface area contributed by atoms with Gasteiger partial charge in [0.25, 0.3) is 0 Å². The molecule has 3 N–H and O–H groups in total. The normalized spacial score (nSPS) is 12.7. The van der Waals surface area contributed by atoms with Crippen LogP contribution in [0.3, 0.4) is 0 Å². The number of hydrogen-bond donors (Lipinski definition) is 3. The molecule has 3 amide bonds. The summed E-state index contributed by atoms with van der Waals surface area (Å²) in [5.74, 6) is -0.491. The number of hydrogen-bond acceptors (Lipinski definition) is 5. The third-order valence-electron chi connectivity index (χ3n) is 6.77. The van der Waals surface area contributed by atoms with Crippen molar-refractivity contribution in [2.75, 3.05) is 13.1 Å². The van der Waals surface area contributed by atoms with E-state index in [0.717, 1.165) is 55.2 Å². The number of benzene rings is 2. The molecule has 8 nitrogen and oxygen atoms in total. The van der Waals surface area contributed by atoms with Gasteiger partial charge in [-0.25, -0.2) is 4.79 Å². The first kappa shape index (κ1) is 33.7. The van der Waals surface area contributed by atoms with E-state index in [4.69, 9.17) is 4.74 Å². The number of rotatable bonds is 15. The van der Waals surface area contributed by atoms with Crippen LogP contribution < -0.4 is 10.6 Å². The summed E-state index contributed by atoms with van der Waals surface area (Å²) in [4.78, 5) is 42.8. The molecular formula is C33H49N3O5. The Kier molecular flexibility index (Phi) is 13.7. The molecule has 0 spiro atoms. The van der Waals surface area contributed by atoms with Crippen LogP contribution in [0.5, 0.6) is 5.75 Å². The van der Waals surface area contributed by atoms with Crippen LogP contribution in [0.25, 0.3) is 0 Å². The van der Waals surface area contributed by atoms with Gasteiger partial charge in [0.2, 0.25) is 11.8 Å². The number of amides is 3. The molecule has 0 aliphatic carbocycles. The van der Waals surface area contributed by atoms with Crippen molar-refractivity contribution < 1.29 is 24.2 Å². The van der Waals surface area contributed by atoms with Gasteiger partial charge in [-0.1, -0.05) is 75.9 Å². The van der Waals surface area contributed by atoms with Gasteiger partial charge >= 0.3 is 6.09 Å². The lowest BCUT2D eigenvalue weighted by Crippen LogP contribution is -2.54. The number of unbranched alkanes of at least 4 members (excludes halogenated alkanes) is 4. The zero-order valence-corrected chi connectivity index (χ0v) is 25.7. The van der Waals surface area contributed by atoms with E-state index in [0.29, 0.717) is 13.1 Å². The summed E-state index contributed by atoms with van der Waals surface area (Å²) in [6, 6.07) is 12.3. The van der Waals surface area contributed by atoms with Gasteiger partial charge in [0, 0.05) is 19.5 Å². The zero-order chi connectivity index (χ0) is 30.4. The quantitative estimate of drug-likeness (QED) is 0.222.